The Hall–Kier alpha value is -3.81. The molecular weight excluding hydrogens is 410 g/mol. The Balaban J connectivity index is 1.78. The van der Waals surface area contributed by atoms with Gasteiger partial charge in [-0.05, 0) is 36.8 Å². The van der Waals surface area contributed by atoms with Crippen molar-refractivity contribution in [1.29, 1.82) is 0 Å². The molecule has 1 aromatic heterocycles. The molecule has 4 rings (SSSR count). The largest absolute Gasteiger partial charge is 0.493 e. The summed E-state index contributed by atoms with van der Waals surface area (Å²) in [4.78, 5) is 26.0. The number of anilines is 1. The molecular formula is C24H25N3O5. The maximum absolute atomic E-state index is 13.7. The number of carbonyl (C=O) groups excluding carboxylic acids is 2. The summed E-state index contributed by atoms with van der Waals surface area (Å²) in [5.74, 6) is 0.873. The fraction of sp³-hybridized carbons (Fsp3) is 0.292. The number of para-hydroxylation sites is 1. The van der Waals surface area contributed by atoms with Crippen LogP contribution in [0.2, 0.25) is 0 Å². The molecule has 166 valence electrons. The van der Waals surface area contributed by atoms with E-state index in [2.05, 4.69) is 15.5 Å². The first kappa shape index (κ1) is 21.4. The Morgan fingerprint density at radius 3 is 2.62 bits per heavy atom. The highest BCUT2D eigenvalue weighted by Crippen LogP contribution is 2.42. The lowest BCUT2D eigenvalue weighted by atomic mass is 9.84. The molecule has 1 amide bonds. The molecule has 3 aromatic rings. The van der Waals surface area contributed by atoms with Gasteiger partial charge in [0.2, 0.25) is 5.91 Å². The number of ether oxygens (including phenoxy) is 3. The normalized spacial score (nSPS) is 15.0. The Kier molecular flexibility index (Phi) is 6.11. The first-order valence-corrected chi connectivity index (χ1v) is 10.4. The maximum Gasteiger partial charge on any atom is 0.226 e. The van der Waals surface area contributed by atoms with E-state index >= 15 is 0 Å². The third-order valence-corrected chi connectivity index (χ3v) is 5.40. The number of nitrogens with one attached hydrogen (secondary N) is 2. The third kappa shape index (κ3) is 3.91. The molecule has 0 saturated heterocycles. The van der Waals surface area contributed by atoms with E-state index in [1.165, 1.54) is 0 Å². The molecule has 2 heterocycles. The molecule has 32 heavy (non-hydrogen) atoms. The molecule has 1 atom stereocenters. The van der Waals surface area contributed by atoms with Crippen LogP contribution in [-0.4, -0.2) is 42.7 Å². The predicted molar refractivity (Wildman–Crippen MR) is 120 cm³/mol. The average molecular weight is 435 g/mol. The van der Waals surface area contributed by atoms with E-state index in [0.29, 0.717) is 46.5 Å². The van der Waals surface area contributed by atoms with Crippen LogP contribution in [0, 0.1) is 0 Å². The summed E-state index contributed by atoms with van der Waals surface area (Å²) in [6, 6.07) is 12.6. The van der Waals surface area contributed by atoms with Gasteiger partial charge in [-0.2, -0.15) is 5.10 Å². The molecule has 1 aliphatic rings. The van der Waals surface area contributed by atoms with Crippen molar-refractivity contribution in [2.45, 2.75) is 25.7 Å². The third-order valence-electron chi connectivity index (χ3n) is 5.40. The average Bonchev–Trinajstić information content (AvgIpc) is 3.25. The minimum absolute atomic E-state index is 0.0216. The summed E-state index contributed by atoms with van der Waals surface area (Å²) in [6.07, 6.45) is 0.845. The summed E-state index contributed by atoms with van der Waals surface area (Å²) >= 11 is 0. The number of benzene rings is 2. The molecule has 2 N–H and O–H groups in total. The number of methoxy groups -OCH3 is 2. The van der Waals surface area contributed by atoms with Gasteiger partial charge >= 0.3 is 0 Å². The SMILES string of the molecule is CCCOc1ccccc1C(=O)C1CC(=O)Nc2n[nH]c(-c3ccc(OC)c(OC)c3)c21. The van der Waals surface area contributed by atoms with E-state index in [0.717, 1.165) is 12.0 Å². The first-order valence-electron chi connectivity index (χ1n) is 10.4. The Labute approximate surface area is 185 Å². The highest BCUT2D eigenvalue weighted by Gasteiger charge is 2.37. The molecule has 8 heteroatoms. The maximum atomic E-state index is 13.7. The summed E-state index contributed by atoms with van der Waals surface area (Å²) < 4.78 is 16.5. The van der Waals surface area contributed by atoms with E-state index in [1.807, 2.05) is 25.1 Å². The van der Waals surface area contributed by atoms with Crippen LogP contribution in [0.1, 0.15) is 41.6 Å². The van der Waals surface area contributed by atoms with Gasteiger partial charge in [-0.25, -0.2) is 0 Å². The number of aromatic nitrogens is 2. The number of aromatic amines is 1. The summed E-state index contributed by atoms with van der Waals surface area (Å²) in [5.41, 5.74) is 2.50. The lowest BCUT2D eigenvalue weighted by Gasteiger charge is -2.23. The van der Waals surface area contributed by atoms with Gasteiger partial charge in [0.25, 0.3) is 0 Å². The van der Waals surface area contributed by atoms with E-state index in [-0.39, 0.29) is 18.1 Å². The number of hydrogen-bond donors (Lipinski definition) is 2. The number of nitrogens with zero attached hydrogens (tertiary/aromatic N) is 1. The standard InChI is InChI=1S/C24H25N3O5/c1-4-11-32-17-8-6-5-7-15(17)23(29)16-13-20(28)25-24-21(16)22(26-27-24)14-9-10-18(30-2)19(12-14)31-3/h5-10,12,16H,4,11,13H2,1-3H3,(H2,25,26,27,28). The molecule has 0 aliphatic carbocycles. The minimum atomic E-state index is -0.702. The van der Waals surface area contributed by atoms with Crippen LogP contribution in [0.25, 0.3) is 11.3 Å². The van der Waals surface area contributed by atoms with Crippen LogP contribution in [0.5, 0.6) is 17.2 Å². The summed E-state index contributed by atoms with van der Waals surface area (Å²) in [6.45, 7) is 2.51. The van der Waals surface area contributed by atoms with Crippen molar-refractivity contribution in [3.63, 3.8) is 0 Å². The number of hydrogen-bond acceptors (Lipinski definition) is 6. The van der Waals surface area contributed by atoms with Gasteiger partial charge < -0.3 is 19.5 Å². The zero-order valence-corrected chi connectivity index (χ0v) is 18.2. The van der Waals surface area contributed by atoms with Crippen LogP contribution < -0.4 is 19.5 Å². The molecule has 0 spiro atoms. The van der Waals surface area contributed by atoms with Gasteiger partial charge in [0.15, 0.2) is 23.1 Å². The second-order valence-electron chi connectivity index (χ2n) is 7.44. The topological polar surface area (TPSA) is 103 Å². The molecule has 0 fully saturated rings. The lowest BCUT2D eigenvalue weighted by Crippen LogP contribution is -2.27. The van der Waals surface area contributed by atoms with Crippen molar-refractivity contribution in [2.24, 2.45) is 0 Å². The Bertz CT molecular complexity index is 1150. The number of ketones is 1. The van der Waals surface area contributed by atoms with E-state index in [4.69, 9.17) is 14.2 Å². The highest BCUT2D eigenvalue weighted by atomic mass is 16.5. The van der Waals surface area contributed by atoms with Crippen molar-refractivity contribution in [3.8, 4) is 28.5 Å². The lowest BCUT2D eigenvalue weighted by molar-refractivity contribution is -0.116. The highest BCUT2D eigenvalue weighted by molar-refractivity contribution is 6.10. The van der Waals surface area contributed by atoms with Crippen LogP contribution in [-0.2, 0) is 4.79 Å². The zero-order chi connectivity index (χ0) is 22.7. The quantitative estimate of drug-likeness (QED) is 0.515. The van der Waals surface area contributed by atoms with Crippen LogP contribution in [0.4, 0.5) is 5.82 Å². The number of fused-ring (bicyclic) bond motifs is 1. The monoisotopic (exact) mass is 435 g/mol. The molecule has 8 nitrogen and oxygen atoms in total. The summed E-state index contributed by atoms with van der Waals surface area (Å²) in [7, 11) is 3.13. The van der Waals surface area contributed by atoms with Crippen molar-refractivity contribution in [1.82, 2.24) is 10.2 Å². The van der Waals surface area contributed by atoms with Crippen molar-refractivity contribution >= 4 is 17.5 Å². The number of carbonyl (C=O) groups is 2. The second kappa shape index (κ2) is 9.13. The molecule has 1 aliphatic heterocycles. The van der Waals surface area contributed by atoms with Crippen LogP contribution in [0.15, 0.2) is 42.5 Å². The predicted octanol–water partition coefficient (Wildman–Crippen LogP) is 4.19. The number of rotatable bonds is 8. The van der Waals surface area contributed by atoms with Gasteiger partial charge in [0, 0.05) is 17.5 Å². The van der Waals surface area contributed by atoms with Crippen molar-refractivity contribution in [3.05, 3.63) is 53.6 Å². The minimum Gasteiger partial charge on any atom is -0.493 e. The van der Waals surface area contributed by atoms with Crippen molar-refractivity contribution < 1.29 is 23.8 Å². The summed E-state index contributed by atoms with van der Waals surface area (Å²) in [5, 5.41) is 10.0. The molecule has 0 radical (unpaired) electrons. The van der Waals surface area contributed by atoms with Gasteiger partial charge in [0.05, 0.1) is 38.0 Å². The smallest absolute Gasteiger partial charge is 0.226 e. The van der Waals surface area contributed by atoms with Gasteiger partial charge in [-0.1, -0.05) is 19.1 Å². The van der Waals surface area contributed by atoms with Gasteiger partial charge in [-0.3, -0.25) is 14.7 Å². The fourth-order valence-electron chi connectivity index (χ4n) is 3.89. The molecule has 0 saturated carbocycles. The number of H-pyrrole nitrogens is 1. The second-order valence-corrected chi connectivity index (χ2v) is 7.44. The van der Waals surface area contributed by atoms with Crippen LogP contribution in [0.3, 0.4) is 0 Å². The van der Waals surface area contributed by atoms with E-state index in [9.17, 15) is 9.59 Å². The Morgan fingerprint density at radius 1 is 1.09 bits per heavy atom. The van der Waals surface area contributed by atoms with E-state index in [1.54, 1.807) is 38.5 Å². The van der Waals surface area contributed by atoms with Crippen molar-refractivity contribution in [2.75, 3.05) is 26.1 Å². The molecule has 2 aromatic carbocycles. The van der Waals surface area contributed by atoms with Crippen LogP contribution >= 0.6 is 0 Å². The first-order chi connectivity index (χ1) is 15.6. The number of amides is 1. The van der Waals surface area contributed by atoms with Gasteiger partial charge in [-0.15, -0.1) is 0 Å². The number of Topliss-reactive ketones (excluding diaryl/α,β-unsaturated/α-hetero) is 1. The molecule has 1 unspecified atom stereocenters. The zero-order valence-electron chi connectivity index (χ0n) is 18.2. The molecule has 0 bridgehead atoms. The van der Waals surface area contributed by atoms with E-state index < -0.39 is 5.92 Å². The van der Waals surface area contributed by atoms with Gasteiger partial charge in [0.1, 0.15) is 5.75 Å². The Morgan fingerprint density at radius 2 is 1.88 bits per heavy atom. The fourth-order valence-corrected chi connectivity index (χ4v) is 3.89.